The summed E-state index contributed by atoms with van der Waals surface area (Å²) in [7, 11) is -3.13. The van der Waals surface area contributed by atoms with Crippen LogP contribution in [0.5, 0.6) is 5.75 Å². The highest BCUT2D eigenvalue weighted by atomic mass is 32.2. The van der Waals surface area contributed by atoms with Gasteiger partial charge in [-0.25, -0.2) is 12.7 Å². The number of sulfonamides is 1. The molecule has 2 saturated heterocycles. The first-order chi connectivity index (χ1) is 12.8. The predicted octanol–water partition coefficient (Wildman–Crippen LogP) is 0.861. The van der Waals surface area contributed by atoms with Crippen LogP contribution < -0.4 is 4.74 Å². The number of rotatable bonds is 5. The second-order valence-electron chi connectivity index (χ2n) is 7.74. The molecular formula is C19H30N2O5S. The van der Waals surface area contributed by atoms with Crippen LogP contribution in [0.15, 0.2) is 24.3 Å². The highest BCUT2D eigenvalue weighted by molar-refractivity contribution is 7.88. The Hall–Kier alpha value is -1.19. The monoisotopic (exact) mass is 398 g/mol. The maximum Gasteiger partial charge on any atom is 0.211 e. The van der Waals surface area contributed by atoms with E-state index < -0.39 is 15.6 Å². The van der Waals surface area contributed by atoms with E-state index in [2.05, 4.69) is 4.90 Å². The van der Waals surface area contributed by atoms with E-state index in [0.717, 1.165) is 30.7 Å². The Balaban J connectivity index is 1.58. The molecule has 1 aromatic carbocycles. The number of aliphatic hydroxyl groups is 1. The summed E-state index contributed by atoms with van der Waals surface area (Å²) in [5.41, 5.74) is 0.0699. The summed E-state index contributed by atoms with van der Waals surface area (Å²) in [6.07, 6.45) is 2.79. The third kappa shape index (κ3) is 5.65. The van der Waals surface area contributed by atoms with Crippen LogP contribution in [-0.4, -0.2) is 86.6 Å². The third-order valence-corrected chi connectivity index (χ3v) is 6.63. The molecule has 0 radical (unpaired) electrons. The van der Waals surface area contributed by atoms with Crippen molar-refractivity contribution in [1.29, 1.82) is 0 Å². The van der Waals surface area contributed by atoms with E-state index >= 15 is 0 Å². The summed E-state index contributed by atoms with van der Waals surface area (Å²) in [4.78, 5) is 2.23. The standard InChI is InChI=1S/C19H30N2O5S/c1-16-3-5-18(6-4-16)26-15-19(22)13-20(11-12-25-14-19)17-7-9-21(10-8-17)27(2,23)24/h3-6,17,22H,7-15H2,1-2H3. The van der Waals surface area contributed by atoms with Gasteiger partial charge in [-0.15, -0.1) is 0 Å². The van der Waals surface area contributed by atoms with E-state index in [1.807, 2.05) is 31.2 Å². The number of hydrogen-bond donors (Lipinski definition) is 1. The Bertz CT molecular complexity index is 716. The molecule has 7 nitrogen and oxygen atoms in total. The molecule has 0 bridgehead atoms. The number of piperidine rings is 1. The molecule has 2 heterocycles. The molecule has 0 amide bonds. The predicted molar refractivity (Wildman–Crippen MR) is 103 cm³/mol. The molecule has 1 aromatic rings. The summed E-state index contributed by atoms with van der Waals surface area (Å²) in [5.74, 6) is 0.728. The summed E-state index contributed by atoms with van der Waals surface area (Å²) in [6, 6.07) is 8.00. The molecule has 1 N–H and O–H groups in total. The van der Waals surface area contributed by atoms with E-state index in [0.29, 0.717) is 26.2 Å². The van der Waals surface area contributed by atoms with Crippen molar-refractivity contribution in [2.24, 2.45) is 0 Å². The summed E-state index contributed by atoms with van der Waals surface area (Å²) < 4.78 is 36.4. The number of hydrogen-bond acceptors (Lipinski definition) is 6. The van der Waals surface area contributed by atoms with Gasteiger partial charge in [-0.1, -0.05) is 17.7 Å². The van der Waals surface area contributed by atoms with E-state index in [-0.39, 0.29) is 19.3 Å². The molecular weight excluding hydrogens is 368 g/mol. The molecule has 2 aliphatic heterocycles. The molecule has 8 heteroatoms. The highest BCUT2D eigenvalue weighted by Crippen LogP contribution is 2.23. The van der Waals surface area contributed by atoms with Crippen molar-refractivity contribution in [3.63, 3.8) is 0 Å². The Morgan fingerprint density at radius 1 is 1.22 bits per heavy atom. The van der Waals surface area contributed by atoms with Gasteiger partial charge in [-0.05, 0) is 31.9 Å². The first kappa shape index (κ1) is 20.5. The minimum atomic E-state index is -3.13. The number of β-amino-alcohol motifs (C(OH)–C–C–N with tert-alkyl or cyclic N) is 1. The van der Waals surface area contributed by atoms with Gasteiger partial charge in [0.05, 0.1) is 19.5 Å². The van der Waals surface area contributed by atoms with Gasteiger partial charge in [0.15, 0.2) is 0 Å². The van der Waals surface area contributed by atoms with Crippen LogP contribution in [0.25, 0.3) is 0 Å². The molecule has 3 rings (SSSR count). The smallest absolute Gasteiger partial charge is 0.211 e. The fraction of sp³-hybridized carbons (Fsp3) is 0.684. The average molecular weight is 399 g/mol. The normalized spacial score (nSPS) is 26.6. The first-order valence-electron chi connectivity index (χ1n) is 9.44. The number of benzene rings is 1. The van der Waals surface area contributed by atoms with Gasteiger partial charge in [-0.3, -0.25) is 4.90 Å². The summed E-state index contributed by atoms with van der Waals surface area (Å²) in [6.45, 7) is 5.21. The zero-order chi connectivity index (χ0) is 19.5. The van der Waals surface area contributed by atoms with Gasteiger partial charge in [0.1, 0.15) is 18.0 Å². The van der Waals surface area contributed by atoms with Crippen LogP contribution in [0.3, 0.4) is 0 Å². The topological polar surface area (TPSA) is 79.3 Å². The molecule has 0 aliphatic carbocycles. The Kier molecular flexibility index (Phi) is 6.43. The SMILES string of the molecule is Cc1ccc(OCC2(O)COCCN(C3CCN(S(C)(=O)=O)CC3)C2)cc1. The van der Waals surface area contributed by atoms with Gasteiger partial charge < -0.3 is 14.6 Å². The van der Waals surface area contributed by atoms with Crippen LogP contribution in [0.1, 0.15) is 18.4 Å². The lowest BCUT2D eigenvalue weighted by Gasteiger charge is -2.39. The molecule has 27 heavy (non-hydrogen) atoms. The van der Waals surface area contributed by atoms with Crippen molar-refractivity contribution in [3.8, 4) is 5.75 Å². The lowest BCUT2D eigenvalue weighted by molar-refractivity contribution is -0.0684. The maximum absolute atomic E-state index is 11.7. The number of ether oxygens (including phenoxy) is 2. The van der Waals surface area contributed by atoms with Crippen LogP contribution >= 0.6 is 0 Å². The van der Waals surface area contributed by atoms with Crippen molar-refractivity contribution in [1.82, 2.24) is 9.21 Å². The Labute approximate surface area is 161 Å². The molecule has 0 saturated carbocycles. The zero-order valence-corrected chi connectivity index (χ0v) is 17.0. The fourth-order valence-corrected chi connectivity index (χ4v) is 4.61. The average Bonchev–Trinajstić information content (AvgIpc) is 2.83. The second kappa shape index (κ2) is 8.45. The maximum atomic E-state index is 11.7. The van der Waals surface area contributed by atoms with Crippen molar-refractivity contribution >= 4 is 10.0 Å². The largest absolute Gasteiger partial charge is 0.490 e. The second-order valence-corrected chi connectivity index (χ2v) is 9.72. The van der Waals surface area contributed by atoms with Crippen molar-refractivity contribution in [2.45, 2.75) is 31.4 Å². The highest BCUT2D eigenvalue weighted by Gasteiger charge is 2.37. The van der Waals surface area contributed by atoms with E-state index in [1.165, 1.54) is 10.6 Å². The lowest BCUT2D eigenvalue weighted by atomic mass is 10.0. The summed E-state index contributed by atoms with van der Waals surface area (Å²) in [5, 5.41) is 11.1. The van der Waals surface area contributed by atoms with Crippen molar-refractivity contribution in [3.05, 3.63) is 29.8 Å². The fourth-order valence-electron chi connectivity index (χ4n) is 3.74. The molecule has 2 fully saturated rings. The lowest BCUT2D eigenvalue weighted by Crippen LogP contribution is -2.53. The van der Waals surface area contributed by atoms with Gasteiger partial charge in [0.25, 0.3) is 0 Å². The van der Waals surface area contributed by atoms with Gasteiger partial charge in [-0.2, -0.15) is 0 Å². The van der Waals surface area contributed by atoms with Gasteiger partial charge in [0.2, 0.25) is 10.0 Å². The summed E-state index contributed by atoms with van der Waals surface area (Å²) >= 11 is 0. The zero-order valence-electron chi connectivity index (χ0n) is 16.1. The van der Waals surface area contributed by atoms with Crippen molar-refractivity contribution < 1.29 is 23.0 Å². The molecule has 2 aliphatic rings. The van der Waals surface area contributed by atoms with E-state index in [9.17, 15) is 13.5 Å². The van der Waals surface area contributed by atoms with Gasteiger partial charge >= 0.3 is 0 Å². The number of aryl methyl sites for hydroxylation is 1. The van der Waals surface area contributed by atoms with Crippen LogP contribution in [0.2, 0.25) is 0 Å². The minimum absolute atomic E-state index is 0.161. The molecule has 1 unspecified atom stereocenters. The Morgan fingerprint density at radius 3 is 2.52 bits per heavy atom. The van der Waals surface area contributed by atoms with E-state index in [4.69, 9.17) is 9.47 Å². The Morgan fingerprint density at radius 2 is 1.89 bits per heavy atom. The van der Waals surface area contributed by atoms with Crippen LogP contribution in [0, 0.1) is 6.92 Å². The number of nitrogens with zero attached hydrogens (tertiary/aromatic N) is 2. The van der Waals surface area contributed by atoms with Crippen LogP contribution in [0.4, 0.5) is 0 Å². The quantitative estimate of drug-likeness (QED) is 0.793. The van der Waals surface area contributed by atoms with Crippen molar-refractivity contribution in [2.75, 3.05) is 52.3 Å². The third-order valence-electron chi connectivity index (χ3n) is 5.33. The molecule has 152 valence electrons. The first-order valence-corrected chi connectivity index (χ1v) is 11.3. The molecule has 0 spiro atoms. The minimum Gasteiger partial charge on any atom is -0.490 e. The van der Waals surface area contributed by atoms with E-state index in [1.54, 1.807) is 0 Å². The van der Waals surface area contributed by atoms with Gasteiger partial charge in [0, 0.05) is 32.2 Å². The molecule has 1 atom stereocenters. The van der Waals surface area contributed by atoms with Crippen LogP contribution in [-0.2, 0) is 14.8 Å². The molecule has 0 aromatic heterocycles.